The molecule has 0 atom stereocenters. The summed E-state index contributed by atoms with van der Waals surface area (Å²) >= 11 is 0. The van der Waals surface area contributed by atoms with Crippen molar-refractivity contribution in [1.82, 2.24) is 20.4 Å². The Kier molecular flexibility index (Phi) is 3.91. The number of nitrogens with one attached hydrogen (secondary N) is 1. The molecule has 0 aliphatic rings. The third-order valence-electron chi connectivity index (χ3n) is 3.19. The smallest absolute Gasteiger partial charge is 0.257 e. The molecule has 0 aromatic carbocycles. The normalized spacial score (nSPS) is 10.4. The highest BCUT2D eigenvalue weighted by atomic mass is 16.5. The first-order valence-corrected chi connectivity index (χ1v) is 6.80. The van der Waals surface area contributed by atoms with Gasteiger partial charge in [0, 0.05) is 24.2 Å². The third kappa shape index (κ3) is 2.85. The number of rotatable bonds is 4. The molecule has 3 heterocycles. The molecule has 3 aromatic rings. The highest BCUT2D eigenvalue weighted by molar-refractivity contribution is 6.00. The van der Waals surface area contributed by atoms with E-state index >= 15 is 0 Å². The molecular formula is C16H14N4O2. The highest BCUT2D eigenvalue weighted by Crippen LogP contribution is 2.25. The topological polar surface area (TPSA) is 80.9 Å². The van der Waals surface area contributed by atoms with Gasteiger partial charge in [-0.15, -0.1) is 0 Å². The Morgan fingerprint density at radius 1 is 1.18 bits per heavy atom. The molecule has 0 fully saturated rings. The van der Waals surface area contributed by atoms with Gasteiger partial charge in [0.1, 0.15) is 5.56 Å². The van der Waals surface area contributed by atoms with E-state index in [2.05, 4.69) is 20.4 Å². The van der Waals surface area contributed by atoms with Crippen LogP contribution in [0.15, 0.2) is 53.4 Å². The fourth-order valence-corrected chi connectivity index (χ4v) is 2.10. The van der Waals surface area contributed by atoms with Crippen LogP contribution in [0.4, 0.5) is 0 Å². The van der Waals surface area contributed by atoms with Crippen molar-refractivity contribution >= 4 is 5.91 Å². The molecule has 0 bridgehead atoms. The average Bonchev–Trinajstić information content (AvgIpc) is 2.96. The van der Waals surface area contributed by atoms with E-state index in [1.54, 1.807) is 37.6 Å². The Hall–Kier alpha value is -3.02. The van der Waals surface area contributed by atoms with Crippen molar-refractivity contribution in [2.45, 2.75) is 13.5 Å². The van der Waals surface area contributed by atoms with Gasteiger partial charge in [-0.25, -0.2) is 0 Å². The summed E-state index contributed by atoms with van der Waals surface area (Å²) in [5, 5.41) is 6.73. The molecule has 110 valence electrons. The molecular weight excluding hydrogens is 280 g/mol. The van der Waals surface area contributed by atoms with Gasteiger partial charge in [0.25, 0.3) is 5.91 Å². The Balaban J connectivity index is 1.82. The van der Waals surface area contributed by atoms with Gasteiger partial charge in [-0.1, -0.05) is 11.2 Å². The SMILES string of the molecule is Cc1noc(-c2ccncc2)c1C(=O)NCc1ccccn1. The predicted octanol–water partition coefficient (Wildman–Crippen LogP) is 2.37. The number of nitrogens with zero attached hydrogens (tertiary/aromatic N) is 3. The third-order valence-corrected chi connectivity index (χ3v) is 3.19. The van der Waals surface area contributed by atoms with Crippen LogP contribution in [0, 0.1) is 6.92 Å². The van der Waals surface area contributed by atoms with Crippen molar-refractivity contribution in [3.8, 4) is 11.3 Å². The van der Waals surface area contributed by atoms with Crippen molar-refractivity contribution in [3.63, 3.8) is 0 Å². The lowest BCUT2D eigenvalue weighted by molar-refractivity contribution is 0.0950. The average molecular weight is 294 g/mol. The quantitative estimate of drug-likeness (QED) is 0.799. The summed E-state index contributed by atoms with van der Waals surface area (Å²) in [6, 6.07) is 9.11. The summed E-state index contributed by atoms with van der Waals surface area (Å²) in [7, 11) is 0. The maximum Gasteiger partial charge on any atom is 0.257 e. The molecule has 1 amide bonds. The molecule has 0 spiro atoms. The van der Waals surface area contributed by atoms with E-state index in [4.69, 9.17) is 4.52 Å². The van der Waals surface area contributed by atoms with Crippen molar-refractivity contribution < 1.29 is 9.32 Å². The Labute approximate surface area is 127 Å². The van der Waals surface area contributed by atoms with Crippen molar-refractivity contribution in [2.75, 3.05) is 0 Å². The second-order valence-electron chi connectivity index (χ2n) is 4.71. The van der Waals surface area contributed by atoms with Gasteiger partial charge in [0.05, 0.1) is 17.9 Å². The van der Waals surface area contributed by atoms with Crippen molar-refractivity contribution in [3.05, 3.63) is 65.9 Å². The molecule has 0 saturated carbocycles. The van der Waals surface area contributed by atoms with E-state index in [0.29, 0.717) is 23.6 Å². The number of carbonyl (C=O) groups excluding carboxylic acids is 1. The van der Waals surface area contributed by atoms with Crippen LogP contribution in [0.3, 0.4) is 0 Å². The van der Waals surface area contributed by atoms with E-state index in [1.807, 2.05) is 18.2 Å². The molecule has 22 heavy (non-hydrogen) atoms. The monoisotopic (exact) mass is 294 g/mol. The number of pyridine rings is 2. The van der Waals surface area contributed by atoms with Gasteiger partial charge in [0.15, 0.2) is 5.76 Å². The summed E-state index contributed by atoms with van der Waals surface area (Å²) in [6.45, 7) is 2.09. The van der Waals surface area contributed by atoms with Crippen LogP contribution >= 0.6 is 0 Å². The Morgan fingerprint density at radius 2 is 2.00 bits per heavy atom. The maximum atomic E-state index is 12.4. The molecule has 0 radical (unpaired) electrons. The van der Waals surface area contributed by atoms with E-state index in [-0.39, 0.29) is 5.91 Å². The first-order valence-electron chi connectivity index (χ1n) is 6.80. The zero-order chi connectivity index (χ0) is 15.4. The van der Waals surface area contributed by atoms with Crippen LogP contribution in [0.5, 0.6) is 0 Å². The molecule has 0 aliphatic carbocycles. The van der Waals surface area contributed by atoms with Crippen LogP contribution in [0.25, 0.3) is 11.3 Å². The van der Waals surface area contributed by atoms with Gasteiger partial charge in [0.2, 0.25) is 0 Å². The van der Waals surface area contributed by atoms with Gasteiger partial charge in [-0.2, -0.15) is 0 Å². The molecule has 0 unspecified atom stereocenters. The zero-order valence-electron chi connectivity index (χ0n) is 12.0. The van der Waals surface area contributed by atoms with Gasteiger partial charge in [-0.3, -0.25) is 14.8 Å². The van der Waals surface area contributed by atoms with Gasteiger partial charge in [-0.05, 0) is 31.2 Å². The van der Waals surface area contributed by atoms with Gasteiger partial charge >= 0.3 is 0 Å². The fraction of sp³-hybridized carbons (Fsp3) is 0.125. The Morgan fingerprint density at radius 3 is 2.73 bits per heavy atom. The second kappa shape index (κ2) is 6.17. The zero-order valence-corrected chi connectivity index (χ0v) is 12.0. The van der Waals surface area contributed by atoms with Crippen LogP contribution in [0.1, 0.15) is 21.7 Å². The number of amides is 1. The molecule has 3 rings (SSSR count). The van der Waals surface area contributed by atoms with Crippen LogP contribution in [0.2, 0.25) is 0 Å². The van der Waals surface area contributed by atoms with Gasteiger partial charge < -0.3 is 9.84 Å². The number of aryl methyl sites for hydroxylation is 1. The summed E-state index contributed by atoms with van der Waals surface area (Å²) in [4.78, 5) is 20.6. The first kappa shape index (κ1) is 13.9. The van der Waals surface area contributed by atoms with E-state index in [1.165, 1.54) is 0 Å². The summed E-state index contributed by atoms with van der Waals surface area (Å²) in [5.74, 6) is 0.203. The first-order chi connectivity index (χ1) is 10.8. The Bertz CT molecular complexity index is 769. The van der Waals surface area contributed by atoms with E-state index in [9.17, 15) is 4.79 Å². The number of aromatic nitrogens is 3. The number of carbonyl (C=O) groups is 1. The van der Waals surface area contributed by atoms with Crippen molar-refractivity contribution in [1.29, 1.82) is 0 Å². The molecule has 3 aromatic heterocycles. The molecule has 1 N–H and O–H groups in total. The lowest BCUT2D eigenvalue weighted by Crippen LogP contribution is -2.24. The minimum absolute atomic E-state index is 0.240. The second-order valence-corrected chi connectivity index (χ2v) is 4.71. The minimum Gasteiger partial charge on any atom is -0.355 e. The lowest BCUT2D eigenvalue weighted by atomic mass is 10.1. The molecule has 6 heteroatoms. The highest BCUT2D eigenvalue weighted by Gasteiger charge is 2.21. The largest absolute Gasteiger partial charge is 0.355 e. The molecule has 0 aliphatic heterocycles. The van der Waals surface area contributed by atoms with E-state index < -0.39 is 0 Å². The van der Waals surface area contributed by atoms with E-state index in [0.717, 1.165) is 11.3 Å². The fourth-order valence-electron chi connectivity index (χ4n) is 2.10. The van der Waals surface area contributed by atoms with Crippen LogP contribution in [-0.2, 0) is 6.54 Å². The summed E-state index contributed by atoms with van der Waals surface area (Å²) in [5.41, 5.74) is 2.53. The summed E-state index contributed by atoms with van der Waals surface area (Å²) < 4.78 is 5.30. The van der Waals surface area contributed by atoms with Crippen LogP contribution in [-0.4, -0.2) is 21.0 Å². The van der Waals surface area contributed by atoms with Crippen LogP contribution < -0.4 is 5.32 Å². The minimum atomic E-state index is -0.240. The molecule has 0 saturated heterocycles. The number of hydrogen-bond donors (Lipinski definition) is 1. The van der Waals surface area contributed by atoms with Crippen molar-refractivity contribution in [2.24, 2.45) is 0 Å². The lowest BCUT2D eigenvalue weighted by Gasteiger charge is -2.05. The predicted molar refractivity (Wildman–Crippen MR) is 79.9 cm³/mol. The standard InChI is InChI=1S/C16H14N4O2/c1-11-14(15(22-20-11)12-5-8-17-9-6-12)16(21)19-10-13-4-2-3-7-18-13/h2-9H,10H2,1H3,(H,19,21). The summed E-state index contributed by atoms with van der Waals surface area (Å²) in [6.07, 6.45) is 4.97. The number of hydrogen-bond acceptors (Lipinski definition) is 5. The molecule has 6 nitrogen and oxygen atoms in total. The maximum absolute atomic E-state index is 12.4.